The van der Waals surface area contributed by atoms with E-state index in [1.54, 1.807) is 18.7 Å². The maximum atomic E-state index is 6.88. The average molecular weight is 611 g/mol. The quantitative estimate of drug-likeness (QED) is 0.252. The van der Waals surface area contributed by atoms with Gasteiger partial charge >= 0.3 is 226 Å². The number of hydrogen-bond donors (Lipinski definition) is 0. The van der Waals surface area contributed by atoms with E-state index in [9.17, 15) is 0 Å². The summed E-state index contributed by atoms with van der Waals surface area (Å²) in [4.78, 5) is 0. The summed E-state index contributed by atoms with van der Waals surface area (Å²) < 4.78 is 16.5. The van der Waals surface area contributed by atoms with Crippen molar-refractivity contribution in [2.24, 2.45) is 0 Å². The summed E-state index contributed by atoms with van der Waals surface area (Å²) >= 11 is 7.25. The Morgan fingerprint density at radius 3 is 1.77 bits per heavy atom. The molecule has 0 heterocycles. The van der Waals surface area contributed by atoms with E-state index in [2.05, 4.69) is 91.0 Å². The van der Waals surface area contributed by atoms with Crippen molar-refractivity contribution in [3.05, 3.63) is 128 Å². The minimum absolute atomic E-state index is 0.142. The van der Waals surface area contributed by atoms with E-state index in [0.717, 1.165) is 22.9 Å². The Kier molecular flexibility index (Phi) is 7.39. The molecule has 0 saturated carbocycles. The van der Waals surface area contributed by atoms with Crippen LogP contribution in [0.1, 0.15) is 17.5 Å². The van der Waals surface area contributed by atoms with E-state index in [1.807, 2.05) is 12.1 Å². The van der Waals surface area contributed by atoms with E-state index >= 15 is 0 Å². The van der Waals surface area contributed by atoms with Gasteiger partial charge in [0.1, 0.15) is 0 Å². The normalized spacial score (nSPS) is 17.1. The number of allylic oxidation sites excluding steroid dienone is 2. The van der Waals surface area contributed by atoms with Crippen LogP contribution in [-0.4, -0.2) is 44.1 Å². The average Bonchev–Trinajstić information content (AvgIpc) is 2.91. The Hall–Kier alpha value is -2.45. The summed E-state index contributed by atoms with van der Waals surface area (Å²) in [7, 11) is 3.42. The van der Waals surface area contributed by atoms with E-state index in [-0.39, 0.29) is 35.3 Å². The molecule has 4 aromatic carbocycles. The molecular weight excluding hydrogens is 586 g/mol. The Morgan fingerprint density at radius 2 is 1.20 bits per heavy atom. The Balaban J connectivity index is 1.63. The molecule has 0 amide bonds. The van der Waals surface area contributed by atoms with Crippen LogP contribution in [0, 0.1) is 0 Å². The molecule has 5 heteroatoms. The summed E-state index contributed by atoms with van der Waals surface area (Å²) in [5.41, 5.74) is 2.31. The fourth-order valence-corrected chi connectivity index (χ4v) is 10.4. The molecule has 1 aliphatic rings. The molecule has 2 nitrogen and oxygen atoms in total. The van der Waals surface area contributed by atoms with Crippen molar-refractivity contribution in [3.8, 4) is 11.5 Å². The summed E-state index contributed by atoms with van der Waals surface area (Å²) in [6.07, 6.45) is 0.986. The summed E-state index contributed by atoms with van der Waals surface area (Å²) in [6.45, 7) is 0. The number of methoxy groups -OCH3 is 2. The van der Waals surface area contributed by atoms with Gasteiger partial charge in [-0.05, 0) is 0 Å². The molecule has 0 saturated heterocycles. The van der Waals surface area contributed by atoms with Gasteiger partial charge in [-0.25, -0.2) is 0 Å². The molecule has 0 fully saturated rings. The van der Waals surface area contributed by atoms with Crippen LogP contribution in [0.4, 0.5) is 0 Å². The predicted octanol–water partition coefficient (Wildman–Crippen LogP) is 5.32. The third kappa shape index (κ3) is 4.83. The maximum absolute atomic E-state index is 6.88. The van der Waals surface area contributed by atoms with Gasteiger partial charge in [-0.2, -0.15) is 0 Å². The molecular formula is C30H25ClO2Se2. The van der Waals surface area contributed by atoms with E-state index < -0.39 is 0 Å². The van der Waals surface area contributed by atoms with Crippen molar-refractivity contribution in [1.29, 1.82) is 0 Å². The zero-order valence-electron chi connectivity index (χ0n) is 19.5. The number of halogens is 1. The van der Waals surface area contributed by atoms with Crippen molar-refractivity contribution in [3.63, 3.8) is 0 Å². The van der Waals surface area contributed by atoms with Gasteiger partial charge in [0, 0.05) is 0 Å². The van der Waals surface area contributed by atoms with E-state index in [0.29, 0.717) is 0 Å². The summed E-state index contributed by atoms with van der Waals surface area (Å²) in [6, 6.07) is 36.2. The number of rotatable bonds is 8. The van der Waals surface area contributed by atoms with Crippen LogP contribution < -0.4 is 18.4 Å². The van der Waals surface area contributed by atoms with Crippen LogP contribution in [0.2, 0.25) is 5.02 Å². The third-order valence-electron chi connectivity index (χ3n) is 6.25. The standard InChI is InChI=1S/C30H25ClO2Se2/c1-32-22-12-16-24(17-13-22)34-28-20-30(21-8-4-3-5-9-21,26-10-6-7-11-27(26)31)29(28)35-25-18-14-23(33-2)15-19-25/h3-19H,20H2,1-2H3. The van der Waals surface area contributed by atoms with Crippen LogP contribution in [0.3, 0.4) is 0 Å². The van der Waals surface area contributed by atoms with E-state index in [4.69, 9.17) is 21.1 Å². The van der Waals surface area contributed by atoms with Crippen LogP contribution >= 0.6 is 11.6 Å². The van der Waals surface area contributed by atoms with Gasteiger partial charge in [-0.3, -0.25) is 0 Å². The van der Waals surface area contributed by atoms with Gasteiger partial charge in [-0.15, -0.1) is 0 Å². The molecule has 0 spiro atoms. The fraction of sp³-hybridized carbons (Fsp3) is 0.133. The zero-order chi connectivity index (χ0) is 24.3. The topological polar surface area (TPSA) is 18.5 Å². The molecule has 0 aromatic heterocycles. The van der Waals surface area contributed by atoms with Crippen molar-refractivity contribution in [2.75, 3.05) is 14.2 Å². The van der Waals surface area contributed by atoms with Gasteiger partial charge in [-0.1, -0.05) is 0 Å². The molecule has 0 N–H and O–H groups in total. The monoisotopic (exact) mass is 612 g/mol. The molecule has 4 aromatic rings. The summed E-state index contributed by atoms with van der Waals surface area (Å²) in [5.74, 6) is 1.78. The van der Waals surface area contributed by atoms with Crippen LogP contribution in [0.25, 0.3) is 0 Å². The number of hydrogen-bond acceptors (Lipinski definition) is 2. The second-order valence-electron chi connectivity index (χ2n) is 8.24. The SMILES string of the molecule is COc1ccc([Se]C2=C([Se]c3ccc(OC)cc3)C(c3ccccc3)(c3ccccc3Cl)C2)cc1. The molecule has 176 valence electrons. The van der Waals surface area contributed by atoms with E-state index in [1.165, 1.54) is 24.5 Å². The number of benzene rings is 4. The first-order valence-electron chi connectivity index (χ1n) is 11.3. The molecule has 1 unspecified atom stereocenters. The van der Waals surface area contributed by atoms with Crippen LogP contribution in [0.5, 0.6) is 11.5 Å². The molecule has 35 heavy (non-hydrogen) atoms. The van der Waals surface area contributed by atoms with Crippen molar-refractivity contribution < 1.29 is 9.47 Å². The Bertz CT molecular complexity index is 1340. The molecule has 0 bridgehead atoms. The van der Waals surface area contributed by atoms with Gasteiger partial charge in [0.25, 0.3) is 0 Å². The first kappa shape index (κ1) is 24.3. The second kappa shape index (κ2) is 10.7. The molecule has 1 atom stereocenters. The zero-order valence-corrected chi connectivity index (χ0v) is 23.7. The van der Waals surface area contributed by atoms with Gasteiger partial charge < -0.3 is 0 Å². The minimum atomic E-state index is -0.205. The van der Waals surface area contributed by atoms with Crippen LogP contribution in [-0.2, 0) is 5.41 Å². The second-order valence-corrected chi connectivity index (χ2v) is 13.4. The predicted molar refractivity (Wildman–Crippen MR) is 147 cm³/mol. The van der Waals surface area contributed by atoms with Crippen LogP contribution in [0.15, 0.2) is 112 Å². The van der Waals surface area contributed by atoms with Gasteiger partial charge in [0.15, 0.2) is 0 Å². The molecule has 5 rings (SSSR count). The molecule has 1 aliphatic carbocycles. The van der Waals surface area contributed by atoms with Crippen molar-refractivity contribution in [2.45, 2.75) is 11.8 Å². The van der Waals surface area contributed by atoms with Gasteiger partial charge in [0.2, 0.25) is 0 Å². The Labute approximate surface area is 224 Å². The molecule has 0 radical (unpaired) electrons. The number of ether oxygens (including phenoxy) is 2. The Morgan fingerprint density at radius 1 is 0.657 bits per heavy atom. The van der Waals surface area contributed by atoms with Crippen molar-refractivity contribution >= 4 is 50.4 Å². The molecule has 0 aliphatic heterocycles. The third-order valence-corrected chi connectivity index (χ3v) is 12.3. The first-order chi connectivity index (χ1) is 17.1. The van der Waals surface area contributed by atoms with Gasteiger partial charge in [0.05, 0.1) is 0 Å². The summed E-state index contributed by atoms with van der Waals surface area (Å²) in [5, 5.41) is 0.829. The first-order valence-corrected chi connectivity index (χ1v) is 15.1. The van der Waals surface area contributed by atoms with Crippen molar-refractivity contribution in [1.82, 2.24) is 0 Å². The fourth-order valence-electron chi connectivity index (χ4n) is 4.44.